The van der Waals surface area contributed by atoms with Crippen LogP contribution in [0.4, 0.5) is 11.4 Å². The quantitative estimate of drug-likeness (QED) is 0.766. The Balaban J connectivity index is 2.96. The van der Waals surface area contributed by atoms with E-state index in [1.165, 1.54) is 0 Å². The normalized spacial score (nSPS) is 10.3. The lowest BCUT2D eigenvalue weighted by molar-refractivity contribution is 0.340. The fourth-order valence-corrected chi connectivity index (χ4v) is 1.99. The molecule has 0 amide bonds. The molecule has 1 aromatic rings. The summed E-state index contributed by atoms with van der Waals surface area (Å²) in [6, 6.07) is 7.93. The number of nitriles is 1. The summed E-state index contributed by atoms with van der Waals surface area (Å²) in [5.41, 5.74) is 7.62. The summed E-state index contributed by atoms with van der Waals surface area (Å²) in [6.45, 7) is 8.50. The Morgan fingerprint density at radius 1 is 1.37 bits per heavy atom. The van der Waals surface area contributed by atoms with E-state index in [0.717, 1.165) is 18.0 Å². The molecule has 0 aliphatic carbocycles. The average Bonchev–Trinajstić information content (AvgIpc) is 2.33. The van der Waals surface area contributed by atoms with Crippen molar-refractivity contribution in [2.45, 2.75) is 27.2 Å². The van der Waals surface area contributed by atoms with Crippen LogP contribution < -0.4 is 15.4 Å². The van der Waals surface area contributed by atoms with Crippen LogP contribution in [0.25, 0.3) is 0 Å². The van der Waals surface area contributed by atoms with Crippen LogP contribution in [0.2, 0.25) is 0 Å². The number of hydrogen-bond donors (Lipinski definition) is 1. The topological polar surface area (TPSA) is 62.3 Å². The maximum atomic E-state index is 8.76. The second-order valence-corrected chi connectivity index (χ2v) is 4.94. The Morgan fingerprint density at radius 3 is 2.68 bits per heavy atom. The first-order valence-corrected chi connectivity index (χ1v) is 6.72. The van der Waals surface area contributed by atoms with Crippen molar-refractivity contribution in [3.63, 3.8) is 0 Å². The van der Waals surface area contributed by atoms with Gasteiger partial charge in [-0.25, -0.2) is 0 Å². The molecule has 0 fully saturated rings. The van der Waals surface area contributed by atoms with Crippen molar-refractivity contribution in [3.05, 3.63) is 18.2 Å². The molecular weight excluding hydrogens is 238 g/mol. The molecule has 0 aliphatic rings. The van der Waals surface area contributed by atoms with Crippen LogP contribution >= 0.6 is 0 Å². The van der Waals surface area contributed by atoms with Gasteiger partial charge in [0, 0.05) is 36.6 Å². The molecule has 104 valence electrons. The van der Waals surface area contributed by atoms with Crippen molar-refractivity contribution >= 4 is 11.4 Å². The summed E-state index contributed by atoms with van der Waals surface area (Å²) in [5, 5.41) is 8.76. The highest BCUT2D eigenvalue weighted by molar-refractivity contribution is 5.60. The lowest BCUT2D eigenvalue weighted by Gasteiger charge is -2.26. The summed E-state index contributed by atoms with van der Waals surface area (Å²) < 4.78 is 5.52. The first kappa shape index (κ1) is 15.2. The highest BCUT2D eigenvalue weighted by atomic mass is 16.5. The second kappa shape index (κ2) is 7.52. The molecule has 4 nitrogen and oxygen atoms in total. The highest BCUT2D eigenvalue weighted by Crippen LogP contribution is 2.26. The minimum atomic E-state index is 0.505. The van der Waals surface area contributed by atoms with E-state index in [1.807, 2.05) is 25.1 Å². The van der Waals surface area contributed by atoms with Crippen LogP contribution in [0, 0.1) is 17.2 Å². The average molecular weight is 261 g/mol. The first-order valence-electron chi connectivity index (χ1n) is 6.72. The van der Waals surface area contributed by atoms with E-state index in [2.05, 4.69) is 24.8 Å². The zero-order chi connectivity index (χ0) is 14.3. The number of nitrogens with two attached hydrogens (primary N) is 1. The van der Waals surface area contributed by atoms with E-state index < -0.39 is 0 Å². The number of anilines is 2. The molecule has 0 saturated heterocycles. The molecule has 0 aromatic heterocycles. The fourth-order valence-electron chi connectivity index (χ4n) is 1.99. The Bertz CT molecular complexity index is 438. The smallest absolute Gasteiger partial charge is 0.123 e. The van der Waals surface area contributed by atoms with Crippen LogP contribution in [0.1, 0.15) is 27.2 Å². The van der Waals surface area contributed by atoms with Gasteiger partial charge in [-0.3, -0.25) is 0 Å². The maximum absolute atomic E-state index is 8.76. The third-order valence-corrected chi connectivity index (χ3v) is 2.67. The van der Waals surface area contributed by atoms with Crippen molar-refractivity contribution in [1.29, 1.82) is 5.26 Å². The Kier molecular flexibility index (Phi) is 6.01. The van der Waals surface area contributed by atoms with Crippen LogP contribution in [0.3, 0.4) is 0 Å². The largest absolute Gasteiger partial charge is 0.494 e. The van der Waals surface area contributed by atoms with Crippen molar-refractivity contribution < 1.29 is 4.74 Å². The molecule has 1 rings (SSSR count). The number of rotatable bonds is 7. The van der Waals surface area contributed by atoms with Crippen LogP contribution in [0.5, 0.6) is 5.75 Å². The Labute approximate surface area is 115 Å². The predicted octanol–water partition coefficient (Wildman–Crippen LogP) is 3.04. The summed E-state index contributed by atoms with van der Waals surface area (Å²) in [7, 11) is 0. The van der Waals surface area contributed by atoms with Gasteiger partial charge in [0.2, 0.25) is 0 Å². The summed E-state index contributed by atoms with van der Waals surface area (Å²) in [5.74, 6) is 1.30. The lowest BCUT2D eigenvalue weighted by atomic mass is 10.1. The molecule has 19 heavy (non-hydrogen) atoms. The predicted molar refractivity (Wildman–Crippen MR) is 79.3 cm³/mol. The van der Waals surface area contributed by atoms with Gasteiger partial charge in [-0.05, 0) is 18.9 Å². The summed E-state index contributed by atoms with van der Waals surface area (Å²) in [6.07, 6.45) is 0.505. The van der Waals surface area contributed by atoms with Gasteiger partial charge in [-0.1, -0.05) is 13.8 Å². The van der Waals surface area contributed by atoms with E-state index in [1.54, 1.807) is 0 Å². The molecule has 4 heteroatoms. The zero-order valence-corrected chi connectivity index (χ0v) is 12.0. The van der Waals surface area contributed by atoms with Crippen LogP contribution in [0.15, 0.2) is 18.2 Å². The molecule has 0 radical (unpaired) electrons. The van der Waals surface area contributed by atoms with E-state index in [0.29, 0.717) is 31.2 Å². The second-order valence-electron chi connectivity index (χ2n) is 4.94. The molecule has 0 heterocycles. The van der Waals surface area contributed by atoms with Gasteiger partial charge >= 0.3 is 0 Å². The van der Waals surface area contributed by atoms with Gasteiger partial charge in [0.05, 0.1) is 19.1 Å². The molecule has 0 atom stereocenters. The molecule has 0 saturated carbocycles. The van der Waals surface area contributed by atoms with Crippen molar-refractivity contribution in [2.24, 2.45) is 5.92 Å². The number of nitrogens with zero attached hydrogens (tertiary/aromatic N) is 2. The summed E-state index contributed by atoms with van der Waals surface area (Å²) >= 11 is 0. The first-order chi connectivity index (χ1) is 9.06. The molecular formula is C15H23N3O. The van der Waals surface area contributed by atoms with Gasteiger partial charge in [-0.15, -0.1) is 0 Å². The van der Waals surface area contributed by atoms with E-state index in [9.17, 15) is 0 Å². The third kappa shape index (κ3) is 5.09. The van der Waals surface area contributed by atoms with E-state index in [4.69, 9.17) is 15.7 Å². The number of hydrogen-bond acceptors (Lipinski definition) is 4. The third-order valence-electron chi connectivity index (χ3n) is 2.67. The number of ether oxygens (including phenoxy) is 1. The van der Waals surface area contributed by atoms with Crippen molar-refractivity contribution in [3.8, 4) is 11.8 Å². The monoisotopic (exact) mass is 261 g/mol. The molecule has 0 bridgehead atoms. The Hall–Kier alpha value is -1.89. The molecule has 2 N–H and O–H groups in total. The van der Waals surface area contributed by atoms with Gasteiger partial charge in [0.15, 0.2) is 0 Å². The van der Waals surface area contributed by atoms with Crippen LogP contribution in [-0.2, 0) is 0 Å². The van der Waals surface area contributed by atoms with Gasteiger partial charge in [-0.2, -0.15) is 5.26 Å². The van der Waals surface area contributed by atoms with Gasteiger partial charge in [0.25, 0.3) is 0 Å². The minimum Gasteiger partial charge on any atom is -0.494 e. The van der Waals surface area contributed by atoms with Crippen LogP contribution in [-0.4, -0.2) is 19.7 Å². The van der Waals surface area contributed by atoms with Crippen molar-refractivity contribution in [1.82, 2.24) is 0 Å². The SMILES string of the molecule is CCOc1cc(N)cc(N(CCC#N)CC(C)C)c1. The molecule has 1 aromatic carbocycles. The molecule has 0 unspecified atom stereocenters. The lowest BCUT2D eigenvalue weighted by Crippen LogP contribution is -2.28. The maximum Gasteiger partial charge on any atom is 0.123 e. The van der Waals surface area contributed by atoms with E-state index >= 15 is 0 Å². The Morgan fingerprint density at radius 2 is 2.11 bits per heavy atom. The van der Waals surface area contributed by atoms with E-state index in [-0.39, 0.29) is 0 Å². The highest BCUT2D eigenvalue weighted by Gasteiger charge is 2.10. The number of nitrogen functional groups attached to an aromatic ring is 1. The van der Waals surface area contributed by atoms with Gasteiger partial charge < -0.3 is 15.4 Å². The summed E-state index contributed by atoms with van der Waals surface area (Å²) in [4.78, 5) is 2.19. The molecule has 0 aliphatic heterocycles. The standard InChI is InChI=1S/C15H23N3O/c1-4-19-15-9-13(17)8-14(10-15)18(7-5-6-16)11-12(2)3/h8-10,12H,4-5,7,11,17H2,1-3H3. The fraction of sp³-hybridized carbons (Fsp3) is 0.533. The van der Waals surface area contributed by atoms with Crippen molar-refractivity contribution in [2.75, 3.05) is 30.3 Å². The minimum absolute atomic E-state index is 0.505. The number of benzene rings is 1. The molecule has 0 spiro atoms. The zero-order valence-electron chi connectivity index (χ0n) is 12.0. The van der Waals surface area contributed by atoms with Gasteiger partial charge in [0.1, 0.15) is 5.75 Å².